The van der Waals surface area contributed by atoms with Crippen molar-refractivity contribution in [2.75, 3.05) is 17.6 Å². The van der Waals surface area contributed by atoms with Gasteiger partial charge < -0.3 is 10.5 Å². The number of methoxy groups -OCH3 is 1. The number of aryl methyl sites for hydroxylation is 1. The molecule has 0 saturated heterocycles. The predicted octanol–water partition coefficient (Wildman–Crippen LogP) is 2.39. The van der Waals surface area contributed by atoms with Gasteiger partial charge >= 0.3 is 0 Å². The first-order valence-corrected chi connectivity index (χ1v) is 7.44. The zero-order chi connectivity index (χ0) is 14.8. The van der Waals surface area contributed by atoms with Gasteiger partial charge in [-0.1, -0.05) is 18.2 Å². The summed E-state index contributed by atoms with van der Waals surface area (Å²) in [6, 6.07) is 11.4. The fourth-order valence-electron chi connectivity index (χ4n) is 1.75. The Balaban J connectivity index is 2.38. The maximum absolute atomic E-state index is 12.3. The van der Waals surface area contributed by atoms with Crippen molar-refractivity contribution in [3.8, 4) is 5.75 Å². The number of nitrogen functional groups attached to an aromatic ring is 1. The largest absolute Gasteiger partial charge is 0.495 e. The van der Waals surface area contributed by atoms with Gasteiger partial charge in [-0.15, -0.1) is 0 Å². The van der Waals surface area contributed by atoms with Crippen LogP contribution in [0.25, 0.3) is 0 Å². The lowest BCUT2D eigenvalue weighted by Crippen LogP contribution is -2.14. The number of hydrogen-bond acceptors (Lipinski definition) is 4. The van der Waals surface area contributed by atoms with Crippen LogP contribution in [0.3, 0.4) is 0 Å². The van der Waals surface area contributed by atoms with Gasteiger partial charge in [0, 0.05) is 5.69 Å². The molecule has 0 saturated carbocycles. The minimum atomic E-state index is -3.72. The standard InChI is InChI=1S/C14H16N2O3S/c1-10-7-8-11(9-12(10)15)16-20(17,18)14-6-4-3-5-13(14)19-2/h3-9,16H,15H2,1-2H3. The average molecular weight is 292 g/mol. The predicted molar refractivity (Wildman–Crippen MR) is 79.4 cm³/mol. The van der Waals surface area contributed by atoms with Crippen molar-refractivity contribution in [1.29, 1.82) is 0 Å². The number of hydrogen-bond donors (Lipinski definition) is 2. The van der Waals surface area contributed by atoms with Gasteiger partial charge in [0.05, 0.1) is 12.8 Å². The van der Waals surface area contributed by atoms with Gasteiger partial charge in [-0.3, -0.25) is 4.72 Å². The Kier molecular flexibility index (Phi) is 3.85. The van der Waals surface area contributed by atoms with Crippen molar-refractivity contribution in [3.63, 3.8) is 0 Å². The van der Waals surface area contributed by atoms with E-state index in [1.165, 1.54) is 13.2 Å². The third-order valence-corrected chi connectivity index (χ3v) is 4.31. The smallest absolute Gasteiger partial charge is 0.265 e. The molecule has 0 amide bonds. The van der Waals surface area contributed by atoms with Gasteiger partial charge in [-0.25, -0.2) is 8.42 Å². The van der Waals surface area contributed by atoms with Crippen LogP contribution in [0.1, 0.15) is 5.56 Å². The summed E-state index contributed by atoms with van der Waals surface area (Å²) < 4.78 is 32.2. The summed E-state index contributed by atoms with van der Waals surface area (Å²) >= 11 is 0. The lowest BCUT2D eigenvalue weighted by atomic mass is 10.2. The molecule has 20 heavy (non-hydrogen) atoms. The van der Waals surface area contributed by atoms with Gasteiger partial charge in [0.25, 0.3) is 10.0 Å². The van der Waals surface area contributed by atoms with Gasteiger partial charge in [0.15, 0.2) is 0 Å². The first-order valence-electron chi connectivity index (χ1n) is 5.96. The van der Waals surface area contributed by atoms with Crippen LogP contribution < -0.4 is 15.2 Å². The van der Waals surface area contributed by atoms with E-state index < -0.39 is 10.0 Å². The molecule has 5 nitrogen and oxygen atoms in total. The minimum Gasteiger partial charge on any atom is -0.495 e. The number of anilines is 2. The molecule has 0 radical (unpaired) electrons. The molecule has 0 spiro atoms. The number of para-hydroxylation sites is 1. The Morgan fingerprint density at radius 2 is 1.85 bits per heavy atom. The number of nitrogens with one attached hydrogen (secondary N) is 1. The summed E-state index contributed by atoms with van der Waals surface area (Å²) in [7, 11) is -2.29. The monoisotopic (exact) mass is 292 g/mol. The summed E-state index contributed by atoms with van der Waals surface area (Å²) in [5.41, 5.74) is 7.62. The van der Waals surface area contributed by atoms with E-state index in [1.54, 1.807) is 36.4 Å². The number of benzene rings is 2. The van der Waals surface area contributed by atoms with E-state index >= 15 is 0 Å². The molecule has 0 aromatic heterocycles. The molecular weight excluding hydrogens is 276 g/mol. The SMILES string of the molecule is COc1ccccc1S(=O)(=O)Nc1ccc(C)c(N)c1. The van der Waals surface area contributed by atoms with Crippen LogP contribution in [-0.4, -0.2) is 15.5 Å². The van der Waals surface area contributed by atoms with Gasteiger partial charge in [-0.05, 0) is 36.8 Å². The molecule has 0 fully saturated rings. The third kappa shape index (κ3) is 2.85. The van der Waals surface area contributed by atoms with Gasteiger partial charge in [-0.2, -0.15) is 0 Å². The zero-order valence-electron chi connectivity index (χ0n) is 11.3. The van der Waals surface area contributed by atoms with Crippen LogP contribution in [0, 0.1) is 6.92 Å². The number of rotatable bonds is 4. The van der Waals surface area contributed by atoms with Gasteiger partial charge in [0.1, 0.15) is 10.6 Å². The minimum absolute atomic E-state index is 0.0849. The van der Waals surface area contributed by atoms with E-state index in [4.69, 9.17) is 10.5 Å². The molecule has 0 unspecified atom stereocenters. The molecule has 2 rings (SSSR count). The first-order chi connectivity index (χ1) is 9.44. The second-order valence-electron chi connectivity index (χ2n) is 4.33. The summed E-state index contributed by atoms with van der Waals surface area (Å²) in [6.45, 7) is 1.85. The molecule has 0 atom stereocenters. The highest BCUT2D eigenvalue weighted by molar-refractivity contribution is 7.92. The summed E-state index contributed by atoms with van der Waals surface area (Å²) in [5.74, 6) is 0.292. The van der Waals surface area contributed by atoms with Crippen LogP contribution >= 0.6 is 0 Å². The molecule has 3 N–H and O–H groups in total. The highest BCUT2D eigenvalue weighted by Gasteiger charge is 2.19. The van der Waals surface area contributed by atoms with Gasteiger partial charge in [0.2, 0.25) is 0 Å². The molecule has 0 aliphatic carbocycles. The molecule has 0 heterocycles. The van der Waals surface area contributed by atoms with E-state index in [9.17, 15) is 8.42 Å². The van der Waals surface area contributed by atoms with E-state index in [2.05, 4.69) is 4.72 Å². The topological polar surface area (TPSA) is 81.4 Å². The van der Waals surface area contributed by atoms with Crippen molar-refractivity contribution >= 4 is 21.4 Å². The molecule has 0 aliphatic rings. The summed E-state index contributed by atoms with van der Waals surface area (Å²) in [6.07, 6.45) is 0. The maximum atomic E-state index is 12.3. The maximum Gasteiger partial charge on any atom is 0.265 e. The van der Waals surface area contributed by atoms with E-state index in [1.807, 2.05) is 6.92 Å². The summed E-state index contributed by atoms with van der Waals surface area (Å²) in [5, 5.41) is 0. The van der Waals surface area contributed by atoms with Crippen molar-refractivity contribution in [1.82, 2.24) is 0 Å². The number of ether oxygens (including phenoxy) is 1. The Hall–Kier alpha value is -2.21. The molecule has 0 bridgehead atoms. The number of sulfonamides is 1. The van der Waals surface area contributed by atoms with Crippen LogP contribution in [0.2, 0.25) is 0 Å². The Labute approximate surface area is 118 Å². The Morgan fingerprint density at radius 1 is 1.15 bits per heavy atom. The fraction of sp³-hybridized carbons (Fsp3) is 0.143. The second-order valence-corrected chi connectivity index (χ2v) is 5.98. The molecule has 6 heteroatoms. The number of nitrogens with two attached hydrogens (primary N) is 1. The first kappa shape index (κ1) is 14.2. The molecule has 106 valence electrons. The summed E-state index contributed by atoms with van der Waals surface area (Å²) in [4.78, 5) is 0.0849. The highest BCUT2D eigenvalue weighted by Crippen LogP contribution is 2.26. The molecule has 2 aromatic carbocycles. The van der Waals surface area contributed by atoms with Crippen LogP contribution in [0.15, 0.2) is 47.4 Å². The van der Waals surface area contributed by atoms with Crippen molar-refractivity contribution in [2.24, 2.45) is 0 Å². The van der Waals surface area contributed by atoms with E-state index in [0.29, 0.717) is 17.1 Å². The van der Waals surface area contributed by atoms with E-state index in [0.717, 1.165) is 5.56 Å². The Morgan fingerprint density at radius 3 is 2.50 bits per heavy atom. The fourth-order valence-corrected chi connectivity index (χ4v) is 2.98. The van der Waals surface area contributed by atoms with Crippen molar-refractivity contribution < 1.29 is 13.2 Å². The van der Waals surface area contributed by atoms with E-state index in [-0.39, 0.29) is 4.90 Å². The van der Waals surface area contributed by atoms with Crippen LogP contribution in [0.5, 0.6) is 5.75 Å². The average Bonchev–Trinajstić information content (AvgIpc) is 2.42. The van der Waals surface area contributed by atoms with Crippen LogP contribution in [-0.2, 0) is 10.0 Å². The van der Waals surface area contributed by atoms with Crippen LogP contribution in [0.4, 0.5) is 11.4 Å². The molecule has 2 aromatic rings. The molecule has 0 aliphatic heterocycles. The quantitative estimate of drug-likeness (QED) is 0.848. The van der Waals surface area contributed by atoms with Crippen molar-refractivity contribution in [2.45, 2.75) is 11.8 Å². The Bertz CT molecular complexity index is 727. The highest BCUT2D eigenvalue weighted by atomic mass is 32.2. The zero-order valence-corrected chi connectivity index (χ0v) is 12.1. The lowest BCUT2D eigenvalue weighted by Gasteiger charge is -2.12. The third-order valence-electron chi connectivity index (χ3n) is 2.89. The normalized spacial score (nSPS) is 11.1. The van der Waals surface area contributed by atoms with Crippen molar-refractivity contribution in [3.05, 3.63) is 48.0 Å². The second kappa shape index (κ2) is 5.42. The lowest BCUT2D eigenvalue weighted by molar-refractivity contribution is 0.403. The molecular formula is C14H16N2O3S.